The van der Waals surface area contributed by atoms with Gasteiger partial charge < -0.3 is 15.2 Å². The first-order chi connectivity index (χ1) is 7.09. The maximum Gasteiger partial charge on any atom is 0.109 e. The van der Waals surface area contributed by atoms with Gasteiger partial charge in [-0.3, -0.25) is 0 Å². The van der Waals surface area contributed by atoms with E-state index in [0.717, 1.165) is 0 Å². The molecule has 0 radical (unpaired) electrons. The molecule has 2 N–H and O–H groups in total. The first-order valence-electron chi connectivity index (χ1n) is 5.19. The number of carbonyl (C=O) groups is 1. The van der Waals surface area contributed by atoms with Crippen LogP contribution in [0.15, 0.2) is 30.3 Å². The lowest BCUT2D eigenvalue weighted by atomic mass is 10.1. The van der Waals surface area contributed by atoms with Gasteiger partial charge in [0.15, 0.2) is 0 Å². The summed E-state index contributed by atoms with van der Waals surface area (Å²) in [6, 6.07) is 10.4. The Bertz CT molecular complexity index is 311. The van der Waals surface area contributed by atoms with Crippen molar-refractivity contribution in [3.8, 4) is 0 Å². The molecule has 1 aromatic rings. The third-order valence-electron chi connectivity index (χ3n) is 2.43. The minimum atomic E-state index is -0.987. The number of aliphatic carboxylic acids is 1. The van der Waals surface area contributed by atoms with Crippen LogP contribution in [0.2, 0.25) is 0 Å². The van der Waals surface area contributed by atoms with Gasteiger partial charge in [0.05, 0.1) is 6.04 Å². The van der Waals surface area contributed by atoms with Crippen molar-refractivity contribution >= 4 is 5.97 Å². The van der Waals surface area contributed by atoms with E-state index in [0.29, 0.717) is 0 Å². The van der Waals surface area contributed by atoms with Crippen molar-refractivity contribution in [2.75, 3.05) is 0 Å². The molecule has 0 saturated heterocycles. The third kappa shape index (κ3) is 4.13. The summed E-state index contributed by atoms with van der Waals surface area (Å²) < 4.78 is 0. The van der Waals surface area contributed by atoms with Gasteiger partial charge >= 0.3 is 0 Å². The fourth-order valence-electron chi connectivity index (χ4n) is 1.69. The van der Waals surface area contributed by atoms with Crippen LogP contribution in [-0.2, 0) is 4.79 Å². The van der Waals surface area contributed by atoms with Crippen molar-refractivity contribution in [1.29, 1.82) is 0 Å². The van der Waals surface area contributed by atoms with Gasteiger partial charge in [0.1, 0.15) is 6.04 Å². The molecule has 2 atom stereocenters. The quantitative estimate of drug-likeness (QED) is 0.729. The van der Waals surface area contributed by atoms with Crippen LogP contribution in [-0.4, -0.2) is 12.0 Å². The van der Waals surface area contributed by atoms with E-state index in [2.05, 4.69) is 6.92 Å². The smallest absolute Gasteiger partial charge is 0.109 e. The van der Waals surface area contributed by atoms with Crippen LogP contribution >= 0.6 is 0 Å². The summed E-state index contributed by atoms with van der Waals surface area (Å²) in [5.74, 6) is -0.987. The van der Waals surface area contributed by atoms with Crippen molar-refractivity contribution in [2.45, 2.75) is 32.4 Å². The van der Waals surface area contributed by atoms with E-state index in [1.807, 2.05) is 42.6 Å². The molecule has 3 heteroatoms. The first-order valence-corrected chi connectivity index (χ1v) is 5.19. The molecule has 0 heterocycles. The number of benzene rings is 1. The number of carbonyl (C=O) groups excluding carboxylic acids is 1. The Balaban J connectivity index is 2.49. The van der Waals surface area contributed by atoms with Gasteiger partial charge in [-0.05, 0) is 13.8 Å². The predicted octanol–water partition coefficient (Wildman–Crippen LogP) is -0.160. The number of rotatable bonds is 5. The Labute approximate surface area is 90.1 Å². The van der Waals surface area contributed by atoms with Crippen LogP contribution in [0.4, 0.5) is 0 Å². The fourth-order valence-corrected chi connectivity index (χ4v) is 1.69. The molecule has 0 aliphatic rings. The average Bonchev–Trinajstić information content (AvgIpc) is 2.17. The highest BCUT2D eigenvalue weighted by atomic mass is 16.4. The van der Waals surface area contributed by atoms with Gasteiger partial charge in [0, 0.05) is 18.0 Å². The number of quaternary nitrogens is 1. The van der Waals surface area contributed by atoms with Gasteiger partial charge in [-0.2, -0.15) is 0 Å². The molecule has 0 spiro atoms. The highest BCUT2D eigenvalue weighted by Gasteiger charge is 2.12. The van der Waals surface area contributed by atoms with Crippen LogP contribution in [0, 0.1) is 0 Å². The van der Waals surface area contributed by atoms with E-state index in [4.69, 9.17) is 0 Å². The molecule has 15 heavy (non-hydrogen) atoms. The summed E-state index contributed by atoms with van der Waals surface area (Å²) in [5.41, 5.74) is 1.21. The molecule has 0 amide bonds. The number of hydrogen-bond acceptors (Lipinski definition) is 2. The molecule has 0 aromatic heterocycles. The summed E-state index contributed by atoms with van der Waals surface area (Å²) in [6.07, 6.45) is 0.0944. The van der Waals surface area contributed by atoms with Crippen molar-refractivity contribution < 1.29 is 15.2 Å². The maximum absolute atomic E-state index is 10.4. The second-order valence-corrected chi connectivity index (χ2v) is 3.95. The van der Waals surface area contributed by atoms with Crippen molar-refractivity contribution in [2.24, 2.45) is 0 Å². The van der Waals surface area contributed by atoms with E-state index in [9.17, 15) is 9.90 Å². The van der Waals surface area contributed by atoms with E-state index >= 15 is 0 Å². The standard InChI is InChI=1S/C12H17NO2/c1-9(8-12(14)15)13-10(2)11-6-4-3-5-7-11/h3-7,9-10,13H,8H2,1-2H3,(H,14,15)/t9-,10+/m1/s1. The third-order valence-corrected chi connectivity index (χ3v) is 2.43. The van der Waals surface area contributed by atoms with Gasteiger partial charge in [-0.25, -0.2) is 0 Å². The lowest BCUT2D eigenvalue weighted by Crippen LogP contribution is -2.90. The lowest BCUT2D eigenvalue weighted by molar-refractivity contribution is -0.721. The zero-order valence-electron chi connectivity index (χ0n) is 9.14. The summed E-state index contributed by atoms with van der Waals surface area (Å²) in [7, 11) is 0. The van der Waals surface area contributed by atoms with Crippen LogP contribution in [0.5, 0.6) is 0 Å². The number of nitrogens with two attached hydrogens (primary N) is 1. The molecule has 1 aromatic carbocycles. The van der Waals surface area contributed by atoms with Crippen molar-refractivity contribution in [3.05, 3.63) is 35.9 Å². The molecule has 3 nitrogen and oxygen atoms in total. The Morgan fingerprint density at radius 3 is 2.47 bits per heavy atom. The van der Waals surface area contributed by atoms with Gasteiger partial charge in [-0.1, -0.05) is 30.3 Å². The summed E-state index contributed by atoms with van der Waals surface area (Å²) >= 11 is 0. The number of carboxylic acids is 1. The summed E-state index contributed by atoms with van der Waals surface area (Å²) in [4.78, 5) is 10.4. The molecule has 1 rings (SSSR count). The fraction of sp³-hybridized carbons (Fsp3) is 0.417. The van der Waals surface area contributed by atoms with E-state index in [-0.39, 0.29) is 18.5 Å². The monoisotopic (exact) mass is 207 g/mol. The second-order valence-electron chi connectivity index (χ2n) is 3.95. The molecule has 0 aliphatic carbocycles. The van der Waals surface area contributed by atoms with Gasteiger partial charge in [-0.15, -0.1) is 0 Å². The minimum absolute atomic E-state index is 0.0465. The number of hydrogen-bond donors (Lipinski definition) is 1. The maximum atomic E-state index is 10.4. The number of carboxylic acid groups (broad SMARTS) is 1. The lowest BCUT2D eigenvalue weighted by Gasteiger charge is -2.17. The Hall–Kier alpha value is -1.35. The topological polar surface area (TPSA) is 56.7 Å². The largest absolute Gasteiger partial charge is 0.550 e. The van der Waals surface area contributed by atoms with E-state index < -0.39 is 5.97 Å². The molecular formula is C12H17NO2. The first kappa shape index (κ1) is 11.7. The van der Waals surface area contributed by atoms with E-state index in [1.54, 1.807) is 0 Å². The Morgan fingerprint density at radius 2 is 1.93 bits per heavy atom. The highest BCUT2D eigenvalue weighted by Crippen LogP contribution is 2.06. The zero-order valence-corrected chi connectivity index (χ0v) is 9.14. The Morgan fingerprint density at radius 1 is 1.33 bits per heavy atom. The average molecular weight is 207 g/mol. The molecule has 82 valence electrons. The summed E-state index contributed by atoms with van der Waals surface area (Å²) in [6.45, 7) is 3.97. The molecule has 0 saturated carbocycles. The molecule has 0 aliphatic heterocycles. The second kappa shape index (κ2) is 5.51. The summed E-state index contributed by atoms with van der Waals surface area (Å²) in [5, 5.41) is 12.4. The van der Waals surface area contributed by atoms with Gasteiger partial charge in [0.2, 0.25) is 0 Å². The molecule has 0 unspecified atom stereocenters. The van der Waals surface area contributed by atoms with E-state index in [1.165, 1.54) is 5.56 Å². The minimum Gasteiger partial charge on any atom is -0.550 e. The zero-order chi connectivity index (χ0) is 11.3. The van der Waals surface area contributed by atoms with Crippen LogP contribution < -0.4 is 10.4 Å². The van der Waals surface area contributed by atoms with Crippen LogP contribution in [0.25, 0.3) is 0 Å². The predicted molar refractivity (Wildman–Crippen MR) is 55.9 cm³/mol. The van der Waals surface area contributed by atoms with Crippen LogP contribution in [0.3, 0.4) is 0 Å². The Kier molecular flexibility index (Phi) is 4.31. The molecule has 0 bridgehead atoms. The SMILES string of the molecule is C[C@H](CC(=O)[O-])[NH2+][C@@H](C)c1ccccc1. The highest BCUT2D eigenvalue weighted by molar-refractivity contribution is 5.64. The van der Waals surface area contributed by atoms with Crippen molar-refractivity contribution in [3.63, 3.8) is 0 Å². The van der Waals surface area contributed by atoms with Gasteiger partial charge in [0.25, 0.3) is 0 Å². The molecule has 0 fully saturated rings. The normalized spacial score (nSPS) is 14.5. The van der Waals surface area contributed by atoms with Crippen molar-refractivity contribution in [1.82, 2.24) is 0 Å². The van der Waals surface area contributed by atoms with Crippen LogP contribution in [0.1, 0.15) is 31.9 Å². The molecular weight excluding hydrogens is 190 g/mol.